The molecule has 0 radical (unpaired) electrons. The molecule has 0 aromatic heterocycles. The molecule has 0 aliphatic carbocycles. The summed E-state index contributed by atoms with van der Waals surface area (Å²) in [5, 5.41) is 9.97. The maximum atomic E-state index is 11.4. The summed E-state index contributed by atoms with van der Waals surface area (Å²) in [5.74, 6) is 4.96. The molecule has 2 rings (SSSR count). The van der Waals surface area contributed by atoms with Crippen molar-refractivity contribution in [2.75, 3.05) is 13.1 Å². The summed E-state index contributed by atoms with van der Waals surface area (Å²) in [7, 11) is 0. The summed E-state index contributed by atoms with van der Waals surface area (Å²) in [6.07, 6.45) is 1.88. The van der Waals surface area contributed by atoms with E-state index in [1.165, 1.54) is 0 Å². The number of benzene rings is 1. The molecule has 110 valence electrons. The molecule has 1 aliphatic rings. The maximum absolute atomic E-state index is 11.4. The van der Waals surface area contributed by atoms with Crippen LogP contribution in [0.2, 0.25) is 0 Å². The molecular weight excluding hydrogens is 254 g/mol. The van der Waals surface area contributed by atoms with Gasteiger partial charge >= 0.3 is 0 Å². The molecule has 5 nitrogen and oxygen atoms in total. The van der Waals surface area contributed by atoms with Crippen LogP contribution in [-0.4, -0.2) is 34.6 Å². The van der Waals surface area contributed by atoms with Crippen molar-refractivity contribution in [3.63, 3.8) is 0 Å². The van der Waals surface area contributed by atoms with Gasteiger partial charge in [0.15, 0.2) is 0 Å². The molecule has 0 bridgehead atoms. The van der Waals surface area contributed by atoms with Crippen molar-refractivity contribution in [2.24, 2.45) is 5.84 Å². The minimum absolute atomic E-state index is 0.181. The lowest BCUT2D eigenvalue weighted by atomic mass is 9.93. The number of aliphatic hydroxyl groups is 1. The average Bonchev–Trinajstić information content (AvgIpc) is 2.43. The second kappa shape index (κ2) is 6.35. The molecule has 1 saturated heterocycles. The van der Waals surface area contributed by atoms with Crippen molar-refractivity contribution in [1.29, 1.82) is 0 Å². The van der Waals surface area contributed by atoms with Crippen molar-refractivity contribution in [3.05, 3.63) is 35.4 Å². The fraction of sp³-hybridized carbons (Fsp3) is 0.533. The number of nitrogens with one attached hydrogen (secondary N) is 1. The number of carbonyl (C=O) groups is 1. The number of nitrogens with zero attached hydrogens (tertiary/aromatic N) is 1. The van der Waals surface area contributed by atoms with E-state index in [1.807, 2.05) is 31.2 Å². The third-order valence-corrected chi connectivity index (χ3v) is 3.96. The summed E-state index contributed by atoms with van der Waals surface area (Å²) < 4.78 is 0. The van der Waals surface area contributed by atoms with E-state index in [1.54, 1.807) is 0 Å². The predicted molar refractivity (Wildman–Crippen MR) is 77.6 cm³/mol. The Hall–Kier alpha value is -1.43. The number of rotatable bonds is 4. The highest BCUT2D eigenvalue weighted by Gasteiger charge is 2.27. The number of hydrogen-bond donors (Lipinski definition) is 3. The smallest absolute Gasteiger partial charge is 0.238 e. The van der Waals surface area contributed by atoms with Gasteiger partial charge < -0.3 is 5.11 Å². The van der Waals surface area contributed by atoms with Gasteiger partial charge in [0.2, 0.25) is 5.91 Å². The topological polar surface area (TPSA) is 78.6 Å². The lowest BCUT2D eigenvalue weighted by Gasteiger charge is -2.36. The Kier molecular flexibility index (Phi) is 4.75. The van der Waals surface area contributed by atoms with Crippen LogP contribution in [0.3, 0.4) is 0 Å². The fourth-order valence-corrected chi connectivity index (χ4v) is 2.54. The minimum atomic E-state index is -0.532. The van der Waals surface area contributed by atoms with Crippen molar-refractivity contribution >= 4 is 5.91 Å². The number of amides is 1. The zero-order valence-electron chi connectivity index (χ0n) is 11.9. The van der Waals surface area contributed by atoms with Gasteiger partial charge in [-0.2, -0.15) is 0 Å². The molecule has 0 spiro atoms. The molecule has 1 fully saturated rings. The summed E-state index contributed by atoms with van der Waals surface area (Å²) in [6, 6.07) is 7.93. The first-order chi connectivity index (χ1) is 9.50. The monoisotopic (exact) mass is 277 g/mol. The minimum Gasteiger partial charge on any atom is -0.390 e. The van der Waals surface area contributed by atoms with Crippen LogP contribution in [0.5, 0.6) is 0 Å². The second-order valence-corrected chi connectivity index (χ2v) is 5.79. The van der Waals surface area contributed by atoms with Crippen LogP contribution < -0.4 is 11.3 Å². The lowest BCUT2D eigenvalue weighted by molar-refractivity contribution is -0.120. The maximum Gasteiger partial charge on any atom is 0.238 e. The number of likely N-dealkylation sites (tertiary alicyclic amines) is 1. The molecule has 5 heteroatoms. The molecular formula is C15H23N3O2. The van der Waals surface area contributed by atoms with Crippen molar-refractivity contribution < 1.29 is 9.90 Å². The lowest BCUT2D eigenvalue weighted by Crippen LogP contribution is -2.42. The van der Waals surface area contributed by atoms with Crippen LogP contribution in [-0.2, 0) is 17.8 Å². The average molecular weight is 277 g/mol. The third-order valence-electron chi connectivity index (χ3n) is 3.96. The number of hydrazine groups is 1. The third kappa shape index (κ3) is 4.03. The van der Waals surface area contributed by atoms with Gasteiger partial charge in [0.1, 0.15) is 0 Å². The molecule has 1 aliphatic heterocycles. The Labute approximate surface area is 119 Å². The SMILES string of the molecule is CC1(O)CCN(Cc2ccccc2CC(=O)NN)CC1. The Balaban J connectivity index is 2.01. The molecule has 1 aromatic carbocycles. The normalized spacial score (nSPS) is 18.8. The van der Waals surface area contributed by atoms with Gasteiger partial charge in [0.05, 0.1) is 12.0 Å². The highest BCUT2D eigenvalue weighted by atomic mass is 16.3. The van der Waals surface area contributed by atoms with Gasteiger partial charge in [-0.1, -0.05) is 24.3 Å². The predicted octanol–water partition coefficient (Wildman–Crippen LogP) is 0.566. The fourth-order valence-electron chi connectivity index (χ4n) is 2.54. The van der Waals surface area contributed by atoms with Crippen LogP contribution >= 0.6 is 0 Å². The van der Waals surface area contributed by atoms with E-state index in [0.717, 1.165) is 43.6 Å². The van der Waals surface area contributed by atoms with Crippen LogP contribution in [0.15, 0.2) is 24.3 Å². The Bertz CT molecular complexity index is 464. The number of piperidine rings is 1. The van der Waals surface area contributed by atoms with Crippen LogP contribution in [0, 0.1) is 0 Å². The van der Waals surface area contributed by atoms with E-state index >= 15 is 0 Å². The van der Waals surface area contributed by atoms with E-state index in [2.05, 4.69) is 10.3 Å². The number of hydrogen-bond acceptors (Lipinski definition) is 4. The molecule has 1 amide bonds. The van der Waals surface area contributed by atoms with E-state index < -0.39 is 5.60 Å². The van der Waals surface area contributed by atoms with Crippen LogP contribution in [0.25, 0.3) is 0 Å². The van der Waals surface area contributed by atoms with E-state index in [0.29, 0.717) is 6.42 Å². The van der Waals surface area contributed by atoms with Gasteiger partial charge in [-0.05, 0) is 30.9 Å². The first kappa shape index (κ1) is 15.0. The van der Waals surface area contributed by atoms with Crippen molar-refractivity contribution in [2.45, 2.75) is 38.3 Å². The van der Waals surface area contributed by atoms with E-state index in [9.17, 15) is 9.90 Å². The number of carbonyl (C=O) groups excluding carboxylic acids is 1. The molecule has 4 N–H and O–H groups in total. The number of nitrogens with two attached hydrogens (primary N) is 1. The van der Waals surface area contributed by atoms with Crippen molar-refractivity contribution in [3.8, 4) is 0 Å². The Morgan fingerprint density at radius 3 is 2.55 bits per heavy atom. The highest BCUT2D eigenvalue weighted by molar-refractivity contribution is 5.78. The van der Waals surface area contributed by atoms with Crippen LogP contribution in [0.4, 0.5) is 0 Å². The highest BCUT2D eigenvalue weighted by Crippen LogP contribution is 2.23. The molecule has 0 unspecified atom stereocenters. The molecule has 0 saturated carbocycles. The zero-order valence-corrected chi connectivity index (χ0v) is 11.9. The largest absolute Gasteiger partial charge is 0.390 e. The van der Waals surface area contributed by atoms with Gasteiger partial charge in [-0.3, -0.25) is 15.1 Å². The molecule has 1 aromatic rings. The quantitative estimate of drug-likeness (QED) is 0.427. The Morgan fingerprint density at radius 1 is 1.35 bits per heavy atom. The van der Waals surface area contributed by atoms with E-state index in [4.69, 9.17) is 5.84 Å². The van der Waals surface area contributed by atoms with Gasteiger partial charge in [0, 0.05) is 19.6 Å². The molecule has 1 heterocycles. The zero-order chi connectivity index (χ0) is 14.6. The summed E-state index contributed by atoms with van der Waals surface area (Å²) in [4.78, 5) is 13.7. The summed E-state index contributed by atoms with van der Waals surface area (Å²) in [6.45, 7) is 4.46. The van der Waals surface area contributed by atoms with Gasteiger partial charge in [0.25, 0.3) is 0 Å². The van der Waals surface area contributed by atoms with Crippen LogP contribution in [0.1, 0.15) is 30.9 Å². The summed E-state index contributed by atoms with van der Waals surface area (Å²) in [5.41, 5.74) is 3.79. The first-order valence-corrected chi connectivity index (χ1v) is 7.01. The first-order valence-electron chi connectivity index (χ1n) is 7.01. The Morgan fingerprint density at radius 2 is 1.95 bits per heavy atom. The van der Waals surface area contributed by atoms with E-state index in [-0.39, 0.29) is 5.91 Å². The second-order valence-electron chi connectivity index (χ2n) is 5.79. The van der Waals surface area contributed by atoms with Crippen molar-refractivity contribution in [1.82, 2.24) is 10.3 Å². The summed E-state index contributed by atoms with van der Waals surface area (Å²) >= 11 is 0. The van der Waals surface area contributed by atoms with Gasteiger partial charge in [-0.15, -0.1) is 0 Å². The molecule has 0 atom stereocenters. The standard InChI is InChI=1S/C15H23N3O2/c1-15(20)6-8-18(9-7-15)11-13-5-3-2-4-12(13)10-14(19)17-16/h2-5,20H,6-11,16H2,1H3,(H,17,19). The molecule has 20 heavy (non-hydrogen) atoms. The van der Waals surface area contributed by atoms with Gasteiger partial charge in [-0.25, -0.2) is 5.84 Å².